The van der Waals surface area contributed by atoms with Gasteiger partial charge >= 0.3 is 0 Å². The summed E-state index contributed by atoms with van der Waals surface area (Å²) in [5, 5.41) is 8.26. The molecule has 1 heterocycles. The zero-order valence-electron chi connectivity index (χ0n) is 15.8. The molecule has 0 spiro atoms. The van der Waals surface area contributed by atoms with Crippen LogP contribution in [0.4, 0.5) is 0 Å². The van der Waals surface area contributed by atoms with Crippen molar-refractivity contribution in [1.82, 2.24) is 10.4 Å². The van der Waals surface area contributed by atoms with Crippen molar-refractivity contribution < 1.29 is 4.52 Å². The molecule has 0 amide bonds. The summed E-state index contributed by atoms with van der Waals surface area (Å²) in [6.07, 6.45) is 0. The van der Waals surface area contributed by atoms with Crippen LogP contribution in [-0.4, -0.2) is 10.4 Å². The van der Waals surface area contributed by atoms with Crippen LogP contribution in [0.2, 0.25) is 0 Å². The Morgan fingerprint density at radius 1 is 0.667 bits per heavy atom. The van der Waals surface area contributed by atoms with Gasteiger partial charge in [0, 0.05) is 16.4 Å². The fraction of sp³-hybridized carbons (Fsp3) is 0.167. The highest BCUT2D eigenvalue weighted by atomic mass is 16.5. The Kier molecular flexibility index (Phi) is 4.36. The van der Waals surface area contributed by atoms with E-state index < -0.39 is 0 Å². The van der Waals surface area contributed by atoms with Crippen molar-refractivity contribution >= 4 is 0 Å². The summed E-state index contributed by atoms with van der Waals surface area (Å²) in [5.74, 6) is 0.712. The predicted octanol–water partition coefficient (Wildman–Crippen LogP) is 6.37. The van der Waals surface area contributed by atoms with Crippen LogP contribution in [0.3, 0.4) is 0 Å². The zero-order valence-corrected chi connectivity index (χ0v) is 15.8. The molecule has 0 N–H and O–H groups in total. The van der Waals surface area contributed by atoms with Gasteiger partial charge in [0.05, 0.1) is 0 Å². The highest BCUT2D eigenvalue weighted by Crippen LogP contribution is 2.40. The number of hydrogen-bond acceptors (Lipinski definition) is 3. The standard InChI is InChI=1S/C24H22N2O/c1-24(2,3)21-16-10-9-15-20(21)23-22(25-26-27-23)19-14-8-7-13-18(19)17-11-5-4-6-12-17/h4-16H,1-3H3. The van der Waals surface area contributed by atoms with E-state index in [0.29, 0.717) is 5.76 Å². The highest BCUT2D eigenvalue weighted by molar-refractivity contribution is 5.88. The molecule has 27 heavy (non-hydrogen) atoms. The molecular formula is C24H22N2O. The Labute approximate surface area is 159 Å². The van der Waals surface area contributed by atoms with E-state index in [1.165, 1.54) is 5.56 Å². The van der Waals surface area contributed by atoms with Crippen molar-refractivity contribution in [1.29, 1.82) is 0 Å². The third-order valence-corrected chi connectivity index (χ3v) is 4.73. The van der Waals surface area contributed by atoms with Gasteiger partial charge < -0.3 is 4.52 Å². The summed E-state index contributed by atoms with van der Waals surface area (Å²) in [7, 11) is 0. The van der Waals surface area contributed by atoms with E-state index in [4.69, 9.17) is 4.52 Å². The Balaban J connectivity index is 1.92. The van der Waals surface area contributed by atoms with Gasteiger partial charge in [-0.25, -0.2) is 0 Å². The van der Waals surface area contributed by atoms with Gasteiger partial charge in [-0.05, 0) is 22.1 Å². The SMILES string of the molecule is CC(C)(C)c1ccccc1-c1onnc1-c1ccccc1-c1ccccc1. The Morgan fingerprint density at radius 2 is 1.26 bits per heavy atom. The molecule has 0 aliphatic heterocycles. The van der Waals surface area contributed by atoms with E-state index in [2.05, 4.69) is 73.6 Å². The van der Waals surface area contributed by atoms with Gasteiger partial charge in [-0.1, -0.05) is 99.6 Å². The van der Waals surface area contributed by atoms with E-state index in [1.54, 1.807) is 0 Å². The third kappa shape index (κ3) is 3.28. The van der Waals surface area contributed by atoms with Crippen LogP contribution >= 0.6 is 0 Å². The second kappa shape index (κ2) is 6.84. The lowest BCUT2D eigenvalue weighted by Gasteiger charge is -2.22. The Bertz CT molecular complexity index is 1060. The first kappa shape index (κ1) is 17.2. The first-order valence-electron chi connectivity index (χ1n) is 9.13. The summed E-state index contributed by atoms with van der Waals surface area (Å²) in [4.78, 5) is 0. The number of rotatable bonds is 3. The quantitative estimate of drug-likeness (QED) is 0.429. The molecule has 3 aromatic carbocycles. The number of benzene rings is 3. The molecule has 3 nitrogen and oxygen atoms in total. The molecule has 4 aromatic rings. The molecule has 0 aliphatic carbocycles. The Morgan fingerprint density at radius 3 is 1.96 bits per heavy atom. The molecular weight excluding hydrogens is 332 g/mol. The minimum atomic E-state index is -0.0143. The van der Waals surface area contributed by atoms with Crippen LogP contribution in [0.15, 0.2) is 83.4 Å². The van der Waals surface area contributed by atoms with Crippen molar-refractivity contribution in [2.24, 2.45) is 0 Å². The van der Waals surface area contributed by atoms with Crippen LogP contribution < -0.4 is 0 Å². The molecule has 0 bridgehead atoms. The highest BCUT2D eigenvalue weighted by Gasteiger charge is 2.24. The first-order valence-corrected chi connectivity index (χ1v) is 9.13. The fourth-order valence-corrected chi connectivity index (χ4v) is 3.44. The van der Waals surface area contributed by atoms with E-state index in [0.717, 1.165) is 27.9 Å². The average molecular weight is 354 g/mol. The topological polar surface area (TPSA) is 38.9 Å². The lowest BCUT2D eigenvalue weighted by Crippen LogP contribution is -2.12. The predicted molar refractivity (Wildman–Crippen MR) is 109 cm³/mol. The van der Waals surface area contributed by atoms with E-state index in [1.807, 2.05) is 36.4 Å². The number of nitrogens with zero attached hydrogens (tertiary/aromatic N) is 2. The number of hydrogen-bond donors (Lipinski definition) is 0. The van der Waals surface area contributed by atoms with E-state index in [-0.39, 0.29) is 5.41 Å². The van der Waals surface area contributed by atoms with Crippen molar-refractivity contribution in [2.75, 3.05) is 0 Å². The van der Waals surface area contributed by atoms with Gasteiger partial charge in [0.15, 0.2) is 5.76 Å². The van der Waals surface area contributed by atoms with Crippen molar-refractivity contribution in [3.63, 3.8) is 0 Å². The summed E-state index contributed by atoms with van der Waals surface area (Å²) in [6, 6.07) is 26.9. The van der Waals surface area contributed by atoms with Crippen molar-refractivity contribution in [3.8, 4) is 33.7 Å². The fourth-order valence-electron chi connectivity index (χ4n) is 3.44. The maximum Gasteiger partial charge on any atom is 0.195 e. The molecule has 1 aromatic heterocycles. The molecule has 0 unspecified atom stereocenters. The molecule has 0 radical (unpaired) electrons. The maximum absolute atomic E-state index is 5.67. The van der Waals surface area contributed by atoms with Gasteiger partial charge in [0.1, 0.15) is 5.69 Å². The van der Waals surface area contributed by atoms with Crippen LogP contribution in [0, 0.1) is 0 Å². The Hall–Kier alpha value is -3.20. The molecule has 4 rings (SSSR count). The van der Waals surface area contributed by atoms with Gasteiger partial charge in [0.25, 0.3) is 0 Å². The number of aromatic nitrogens is 2. The average Bonchev–Trinajstić information content (AvgIpc) is 3.17. The molecule has 134 valence electrons. The second-order valence-corrected chi connectivity index (χ2v) is 7.66. The lowest BCUT2D eigenvalue weighted by molar-refractivity contribution is 0.402. The van der Waals surface area contributed by atoms with Gasteiger partial charge in [-0.2, -0.15) is 0 Å². The van der Waals surface area contributed by atoms with E-state index >= 15 is 0 Å². The lowest BCUT2D eigenvalue weighted by atomic mass is 9.82. The van der Waals surface area contributed by atoms with Crippen LogP contribution in [0.25, 0.3) is 33.7 Å². The maximum atomic E-state index is 5.67. The third-order valence-electron chi connectivity index (χ3n) is 4.73. The van der Waals surface area contributed by atoms with E-state index in [9.17, 15) is 0 Å². The van der Waals surface area contributed by atoms with Crippen molar-refractivity contribution in [2.45, 2.75) is 26.2 Å². The largest absolute Gasteiger partial charge is 0.336 e. The normalized spacial score (nSPS) is 11.5. The van der Waals surface area contributed by atoms with Crippen LogP contribution in [-0.2, 0) is 5.41 Å². The first-order chi connectivity index (χ1) is 13.1. The minimum Gasteiger partial charge on any atom is -0.336 e. The summed E-state index contributed by atoms with van der Waals surface area (Å²) in [6.45, 7) is 6.60. The van der Waals surface area contributed by atoms with Gasteiger partial charge in [-0.3, -0.25) is 0 Å². The van der Waals surface area contributed by atoms with Crippen LogP contribution in [0.1, 0.15) is 26.3 Å². The monoisotopic (exact) mass is 354 g/mol. The summed E-state index contributed by atoms with van der Waals surface area (Å²) in [5.41, 5.74) is 6.28. The molecule has 0 saturated carbocycles. The second-order valence-electron chi connectivity index (χ2n) is 7.66. The minimum absolute atomic E-state index is 0.0143. The summed E-state index contributed by atoms with van der Waals surface area (Å²) >= 11 is 0. The molecule has 0 saturated heterocycles. The molecule has 0 aliphatic rings. The molecule has 3 heteroatoms. The smallest absolute Gasteiger partial charge is 0.195 e. The van der Waals surface area contributed by atoms with Gasteiger partial charge in [-0.15, -0.1) is 5.10 Å². The van der Waals surface area contributed by atoms with Crippen molar-refractivity contribution in [3.05, 3.63) is 84.4 Å². The zero-order chi connectivity index (χ0) is 18.9. The van der Waals surface area contributed by atoms with Gasteiger partial charge in [0.2, 0.25) is 0 Å². The molecule has 0 fully saturated rings. The van der Waals surface area contributed by atoms with Crippen LogP contribution in [0.5, 0.6) is 0 Å². The summed E-state index contributed by atoms with van der Waals surface area (Å²) < 4.78 is 5.67. The molecule has 0 atom stereocenters.